The molecular formula is C15H23ClN2O. The molecule has 1 aromatic rings. The summed E-state index contributed by atoms with van der Waals surface area (Å²) in [5.74, 6) is 0.0358. The Bertz CT molecular complexity index is 421. The fraction of sp³-hybridized carbons (Fsp3) is 0.533. The third-order valence-corrected chi connectivity index (χ3v) is 3.32. The number of anilines is 1. The summed E-state index contributed by atoms with van der Waals surface area (Å²) < 4.78 is 0. The molecule has 0 saturated heterocycles. The minimum Gasteiger partial charge on any atom is -0.326 e. The third kappa shape index (κ3) is 6.08. The van der Waals surface area contributed by atoms with Gasteiger partial charge in [-0.1, -0.05) is 31.0 Å². The molecule has 1 amide bonds. The Kier molecular flexibility index (Phi) is 6.89. The van der Waals surface area contributed by atoms with E-state index in [0.717, 1.165) is 24.3 Å². The van der Waals surface area contributed by atoms with E-state index in [9.17, 15) is 4.79 Å². The fourth-order valence-corrected chi connectivity index (χ4v) is 1.95. The van der Waals surface area contributed by atoms with Gasteiger partial charge in [-0.3, -0.25) is 4.79 Å². The number of hydrogen-bond acceptors (Lipinski definition) is 2. The largest absolute Gasteiger partial charge is 0.326 e. The maximum atomic E-state index is 11.9. The quantitative estimate of drug-likeness (QED) is 0.827. The summed E-state index contributed by atoms with van der Waals surface area (Å²) >= 11 is 5.93. The molecule has 106 valence electrons. The number of rotatable bonds is 7. The Morgan fingerprint density at radius 1 is 1.37 bits per heavy atom. The van der Waals surface area contributed by atoms with E-state index in [2.05, 4.69) is 17.1 Å². The average Bonchev–Trinajstić information content (AvgIpc) is 2.38. The minimum atomic E-state index is 0.0358. The zero-order valence-corrected chi connectivity index (χ0v) is 12.8. The molecule has 4 heteroatoms. The Morgan fingerprint density at radius 2 is 2.11 bits per heavy atom. The highest BCUT2D eigenvalue weighted by Gasteiger charge is 2.07. The van der Waals surface area contributed by atoms with E-state index >= 15 is 0 Å². The van der Waals surface area contributed by atoms with Crippen molar-refractivity contribution in [2.24, 2.45) is 0 Å². The lowest BCUT2D eigenvalue weighted by Crippen LogP contribution is -2.25. The van der Waals surface area contributed by atoms with Crippen LogP contribution in [0.1, 0.15) is 31.7 Å². The number of nitrogens with one attached hydrogen (secondary N) is 1. The van der Waals surface area contributed by atoms with Gasteiger partial charge >= 0.3 is 0 Å². The number of aryl methyl sites for hydroxylation is 1. The van der Waals surface area contributed by atoms with Crippen LogP contribution in [0.15, 0.2) is 18.2 Å². The number of carbonyl (C=O) groups excluding carboxylic acids is 1. The van der Waals surface area contributed by atoms with Gasteiger partial charge < -0.3 is 10.2 Å². The first-order valence-corrected chi connectivity index (χ1v) is 7.15. The summed E-state index contributed by atoms with van der Waals surface area (Å²) in [4.78, 5) is 14.1. The predicted molar refractivity (Wildman–Crippen MR) is 81.8 cm³/mol. The smallest absolute Gasteiger partial charge is 0.225 e. The zero-order valence-electron chi connectivity index (χ0n) is 12.0. The van der Waals surface area contributed by atoms with Crippen LogP contribution in [0.3, 0.4) is 0 Å². The molecule has 0 aromatic heterocycles. The number of halogens is 1. The van der Waals surface area contributed by atoms with Crippen LogP contribution in [0.25, 0.3) is 0 Å². The first kappa shape index (κ1) is 16.0. The monoisotopic (exact) mass is 282 g/mol. The van der Waals surface area contributed by atoms with E-state index in [1.165, 1.54) is 12.8 Å². The van der Waals surface area contributed by atoms with E-state index in [1.807, 2.05) is 26.1 Å². The molecule has 0 unspecified atom stereocenters. The standard InChI is InChI=1S/C15H23ClN2O/c1-4-5-9-18(3)10-8-15(19)17-14-11-13(16)7-6-12(14)2/h6-7,11H,4-5,8-10H2,1-3H3,(H,17,19). The highest BCUT2D eigenvalue weighted by molar-refractivity contribution is 6.31. The van der Waals surface area contributed by atoms with Crippen molar-refractivity contribution in [3.8, 4) is 0 Å². The van der Waals surface area contributed by atoms with Gasteiger partial charge in [0.15, 0.2) is 0 Å². The summed E-state index contributed by atoms with van der Waals surface area (Å²) in [7, 11) is 2.05. The molecule has 1 rings (SSSR count). The topological polar surface area (TPSA) is 32.3 Å². The van der Waals surface area contributed by atoms with Gasteiger partial charge in [-0.2, -0.15) is 0 Å². The molecule has 0 heterocycles. The molecular weight excluding hydrogens is 260 g/mol. The van der Waals surface area contributed by atoms with Crippen LogP contribution >= 0.6 is 11.6 Å². The van der Waals surface area contributed by atoms with E-state index in [0.29, 0.717) is 11.4 Å². The van der Waals surface area contributed by atoms with Crippen molar-refractivity contribution >= 4 is 23.2 Å². The third-order valence-electron chi connectivity index (χ3n) is 3.09. The highest BCUT2D eigenvalue weighted by atomic mass is 35.5. The number of benzene rings is 1. The van der Waals surface area contributed by atoms with E-state index in [4.69, 9.17) is 11.6 Å². The summed E-state index contributed by atoms with van der Waals surface area (Å²) in [6.07, 6.45) is 2.86. The Morgan fingerprint density at radius 3 is 2.79 bits per heavy atom. The van der Waals surface area contributed by atoms with Crippen molar-refractivity contribution in [3.63, 3.8) is 0 Å². The fourth-order valence-electron chi connectivity index (χ4n) is 1.77. The Hall–Kier alpha value is -1.06. The van der Waals surface area contributed by atoms with Crippen molar-refractivity contribution in [1.82, 2.24) is 4.90 Å². The van der Waals surface area contributed by atoms with Crippen LogP contribution in [0.4, 0.5) is 5.69 Å². The number of unbranched alkanes of at least 4 members (excludes halogenated alkanes) is 1. The summed E-state index contributed by atoms with van der Waals surface area (Å²) in [5.41, 5.74) is 1.82. The Balaban J connectivity index is 2.40. The first-order chi connectivity index (χ1) is 9.02. The summed E-state index contributed by atoms with van der Waals surface area (Å²) in [6.45, 7) is 5.95. The van der Waals surface area contributed by atoms with Crippen LogP contribution in [-0.2, 0) is 4.79 Å². The lowest BCUT2D eigenvalue weighted by Gasteiger charge is -2.16. The molecule has 0 aliphatic rings. The molecule has 0 saturated carbocycles. The molecule has 0 fully saturated rings. The van der Waals surface area contributed by atoms with Crippen LogP contribution in [-0.4, -0.2) is 30.9 Å². The van der Waals surface area contributed by atoms with Crippen molar-refractivity contribution in [2.75, 3.05) is 25.5 Å². The molecule has 0 bridgehead atoms. The second-order valence-electron chi connectivity index (χ2n) is 4.91. The van der Waals surface area contributed by atoms with E-state index < -0.39 is 0 Å². The van der Waals surface area contributed by atoms with Crippen molar-refractivity contribution < 1.29 is 4.79 Å². The molecule has 19 heavy (non-hydrogen) atoms. The van der Waals surface area contributed by atoms with Crippen molar-refractivity contribution in [2.45, 2.75) is 33.1 Å². The number of nitrogens with zero attached hydrogens (tertiary/aromatic N) is 1. The lowest BCUT2D eigenvalue weighted by atomic mass is 10.2. The maximum absolute atomic E-state index is 11.9. The number of hydrogen-bond donors (Lipinski definition) is 1. The maximum Gasteiger partial charge on any atom is 0.225 e. The second kappa shape index (κ2) is 8.18. The molecule has 3 nitrogen and oxygen atoms in total. The molecule has 0 spiro atoms. The first-order valence-electron chi connectivity index (χ1n) is 6.77. The lowest BCUT2D eigenvalue weighted by molar-refractivity contribution is -0.116. The molecule has 1 N–H and O–H groups in total. The number of carbonyl (C=O) groups is 1. The molecule has 0 radical (unpaired) electrons. The SMILES string of the molecule is CCCCN(C)CCC(=O)Nc1cc(Cl)ccc1C. The minimum absolute atomic E-state index is 0.0358. The Labute approximate surface area is 120 Å². The second-order valence-corrected chi connectivity index (χ2v) is 5.35. The van der Waals surface area contributed by atoms with Crippen LogP contribution in [0.5, 0.6) is 0 Å². The average molecular weight is 283 g/mol. The zero-order chi connectivity index (χ0) is 14.3. The van der Waals surface area contributed by atoms with Crippen LogP contribution in [0, 0.1) is 6.92 Å². The van der Waals surface area contributed by atoms with Gasteiger partial charge in [0.2, 0.25) is 5.91 Å². The normalized spacial score (nSPS) is 10.8. The number of amides is 1. The van der Waals surface area contributed by atoms with Gasteiger partial charge in [0.05, 0.1) is 0 Å². The predicted octanol–water partition coefficient (Wildman–Crippen LogP) is 3.71. The van der Waals surface area contributed by atoms with Crippen LogP contribution in [0.2, 0.25) is 5.02 Å². The summed E-state index contributed by atoms with van der Waals surface area (Å²) in [6, 6.07) is 5.52. The van der Waals surface area contributed by atoms with Gasteiger partial charge in [0, 0.05) is 23.7 Å². The van der Waals surface area contributed by atoms with Gasteiger partial charge in [-0.15, -0.1) is 0 Å². The van der Waals surface area contributed by atoms with Crippen molar-refractivity contribution in [3.05, 3.63) is 28.8 Å². The molecule has 1 aromatic carbocycles. The van der Waals surface area contributed by atoms with Crippen LogP contribution < -0.4 is 5.32 Å². The van der Waals surface area contributed by atoms with Gasteiger partial charge in [-0.05, 0) is 44.6 Å². The molecule has 0 atom stereocenters. The molecule has 0 aliphatic carbocycles. The van der Waals surface area contributed by atoms with E-state index in [1.54, 1.807) is 6.07 Å². The van der Waals surface area contributed by atoms with E-state index in [-0.39, 0.29) is 5.91 Å². The van der Waals surface area contributed by atoms with Crippen molar-refractivity contribution in [1.29, 1.82) is 0 Å². The molecule has 0 aliphatic heterocycles. The van der Waals surface area contributed by atoms with Gasteiger partial charge in [0.1, 0.15) is 0 Å². The summed E-state index contributed by atoms with van der Waals surface area (Å²) in [5, 5.41) is 3.55. The van der Waals surface area contributed by atoms with Gasteiger partial charge in [-0.25, -0.2) is 0 Å². The highest BCUT2D eigenvalue weighted by Crippen LogP contribution is 2.20. The van der Waals surface area contributed by atoms with Gasteiger partial charge in [0.25, 0.3) is 0 Å².